The molecule has 124 valence electrons. The van der Waals surface area contributed by atoms with Gasteiger partial charge in [0.05, 0.1) is 18.9 Å². The molecule has 2 heterocycles. The minimum absolute atomic E-state index is 0.0196. The van der Waals surface area contributed by atoms with E-state index >= 15 is 0 Å². The van der Waals surface area contributed by atoms with Gasteiger partial charge in [0.25, 0.3) is 0 Å². The molecule has 0 saturated carbocycles. The first-order valence-electron chi connectivity index (χ1n) is 6.95. The fraction of sp³-hybridized carbons (Fsp3) is 0.133. The number of carbonyl (C=O) groups is 1. The molecule has 24 heavy (non-hydrogen) atoms. The Kier molecular flexibility index (Phi) is 4.09. The van der Waals surface area contributed by atoms with Gasteiger partial charge in [-0.15, -0.1) is 10.2 Å². The summed E-state index contributed by atoms with van der Waals surface area (Å²) in [5.41, 5.74) is 7.31. The Balaban J connectivity index is 1.99. The third kappa shape index (κ3) is 2.88. The molecule has 0 aliphatic heterocycles. The molecule has 9 heteroatoms. The maximum atomic E-state index is 11.1. The Morgan fingerprint density at radius 2 is 2.04 bits per heavy atom. The number of rotatable bonds is 4. The van der Waals surface area contributed by atoms with Crippen molar-refractivity contribution in [1.29, 1.82) is 0 Å². The van der Waals surface area contributed by atoms with Gasteiger partial charge in [-0.05, 0) is 24.3 Å². The van der Waals surface area contributed by atoms with Crippen LogP contribution in [-0.4, -0.2) is 32.9 Å². The van der Waals surface area contributed by atoms with Gasteiger partial charge >= 0.3 is 0 Å². The van der Waals surface area contributed by atoms with Gasteiger partial charge in [0.1, 0.15) is 17.3 Å². The van der Waals surface area contributed by atoms with Crippen LogP contribution in [0.4, 0.5) is 10.9 Å². The van der Waals surface area contributed by atoms with Gasteiger partial charge in [-0.1, -0.05) is 11.3 Å². The molecule has 8 nitrogen and oxygen atoms in total. The van der Waals surface area contributed by atoms with Crippen LogP contribution < -0.4 is 15.8 Å². The largest absolute Gasteiger partial charge is 0.506 e. The van der Waals surface area contributed by atoms with E-state index in [-0.39, 0.29) is 11.7 Å². The number of hydrogen-bond donors (Lipinski definition) is 3. The average molecular weight is 345 g/mol. The van der Waals surface area contributed by atoms with E-state index in [4.69, 9.17) is 10.5 Å². The van der Waals surface area contributed by atoms with E-state index in [2.05, 4.69) is 15.5 Å². The molecule has 0 fully saturated rings. The van der Waals surface area contributed by atoms with Crippen LogP contribution in [0.5, 0.6) is 11.5 Å². The average Bonchev–Trinajstić information content (AvgIpc) is 3.11. The Hall–Kier alpha value is -3.07. The Bertz CT molecular complexity index is 885. The maximum Gasteiger partial charge on any atom is 0.223 e. The second kappa shape index (κ2) is 6.20. The maximum absolute atomic E-state index is 11.1. The molecule has 0 saturated heterocycles. The predicted molar refractivity (Wildman–Crippen MR) is 91.6 cm³/mol. The van der Waals surface area contributed by atoms with Crippen LogP contribution in [0.1, 0.15) is 6.92 Å². The van der Waals surface area contributed by atoms with Crippen molar-refractivity contribution in [3.63, 3.8) is 0 Å². The van der Waals surface area contributed by atoms with E-state index < -0.39 is 0 Å². The summed E-state index contributed by atoms with van der Waals surface area (Å²) >= 11 is 1.13. The minimum atomic E-state index is -0.245. The summed E-state index contributed by atoms with van der Waals surface area (Å²) in [6, 6.07) is 7.24. The molecule has 0 spiro atoms. The smallest absolute Gasteiger partial charge is 0.223 e. The molecule has 0 unspecified atom stereocenters. The lowest BCUT2D eigenvalue weighted by atomic mass is 10.3. The zero-order valence-corrected chi connectivity index (χ0v) is 13.8. The highest BCUT2D eigenvalue weighted by Gasteiger charge is 2.20. The van der Waals surface area contributed by atoms with E-state index in [1.54, 1.807) is 23.8 Å². The quantitative estimate of drug-likeness (QED) is 0.668. The summed E-state index contributed by atoms with van der Waals surface area (Å²) in [5.74, 6) is 0.778. The van der Waals surface area contributed by atoms with Gasteiger partial charge in [-0.2, -0.15) is 0 Å². The van der Waals surface area contributed by atoms with Gasteiger partial charge in [-0.25, -0.2) is 0 Å². The number of hydrogen-bond acceptors (Lipinski definition) is 7. The number of ether oxygens (including phenoxy) is 1. The highest BCUT2D eigenvalue weighted by atomic mass is 32.1. The second-order valence-corrected chi connectivity index (χ2v) is 5.91. The molecule has 2 aromatic heterocycles. The summed E-state index contributed by atoms with van der Waals surface area (Å²) in [5, 5.41) is 21.4. The normalized spacial score (nSPS) is 10.6. The standard InChI is InChI=1S/C15H15N5O3S/c1-8(21)17-15-19-18-14(24-15)12-11(22)7-20(13(12)16)9-3-5-10(23-2)6-4-9/h3-7,22H,16H2,1-2H3,(H,17,19,21). The van der Waals surface area contributed by atoms with Gasteiger partial charge in [-0.3, -0.25) is 9.36 Å². The van der Waals surface area contributed by atoms with E-state index in [0.29, 0.717) is 21.5 Å². The van der Waals surface area contributed by atoms with Gasteiger partial charge in [0.15, 0.2) is 5.01 Å². The lowest BCUT2D eigenvalue weighted by molar-refractivity contribution is -0.114. The summed E-state index contributed by atoms with van der Waals surface area (Å²) in [4.78, 5) is 11.1. The molecule has 3 aromatic rings. The van der Waals surface area contributed by atoms with Crippen molar-refractivity contribution in [1.82, 2.24) is 14.8 Å². The van der Waals surface area contributed by atoms with Crippen LogP contribution in [0.15, 0.2) is 30.5 Å². The summed E-state index contributed by atoms with van der Waals surface area (Å²) in [6.45, 7) is 1.38. The fourth-order valence-electron chi connectivity index (χ4n) is 2.21. The summed E-state index contributed by atoms with van der Waals surface area (Å²) < 4.78 is 6.77. The highest BCUT2D eigenvalue weighted by Crippen LogP contribution is 2.40. The van der Waals surface area contributed by atoms with Crippen molar-refractivity contribution < 1.29 is 14.6 Å². The Morgan fingerprint density at radius 3 is 2.67 bits per heavy atom. The first-order valence-corrected chi connectivity index (χ1v) is 7.77. The molecule has 0 aliphatic rings. The van der Waals surface area contributed by atoms with Crippen LogP contribution in [0.2, 0.25) is 0 Å². The van der Waals surface area contributed by atoms with Crippen LogP contribution >= 0.6 is 11.3 Å². The molecule has 0 aliphatic carbocycles. The van der Waals surface area contributed by atoms with Crippen LogP contribution in [0.25, 0.3) is 16.3 Å². The minimum Gasteiger partial charge on any atom is -0.506 e. The first-order chi connectivity index (χ1) is 11.5. The number of nitrogens with zero attached hydrogens (tertiary/aromatic N) is 3. The molecular weight excluding hydrogens is 330 g/mol. The molecule has 4 N–H and O–H groups in total. The van der Waals surface area contributed by atoms with Gasteiger partial charge in [0.2, 0.25) is 11.0 Å². The Labute approximate surface area is 141 Å². The number of nitrogens with two attached hydrogens (primary N) is 1. The van der Waals surface area contributed by atoms with Gasteiger partial charge in [0, 0.05) is 12.6 Å². The number of aromatic hydroxyl groups is 1. The molecule has 3 rings (SSSR count). The number of carbonyl (C=O) groups excluding carboxylic acids is 1. The van der Waals surface area contributed by atoms with E-state index in [1.165, 1.54) is 13.1 Å². The van der Waals surface area contributed by atoms with E-state index in [0.717, 1.165) is 22.8 Å². The van der Waals surface area contributed by atoms with Crippen molar-refractivity contribution >= 4 is 28.2 Å². The van der Waals surface area contributed by atoms with Crippen LogP contribution in [0.3, 0.4) is 0 Å². The zero-order chi connectivity index (χ0) is 17.3. The summed E-state index contributed by atoms with van der Waals surface area (Å²) in [7, 11) is 1.59. The SMILES string of the molecule is COc1ccc(-n2cc(O)c(-c3nnc(NC(C)=O)s3)c2N)cc1. The lowest BCUT2D eigenvalue weighted by Gasteiger charge is -2.07. The van der Waals surface area contributed by atoms with Crippen LogP contribution in [0, 0.1) is 0 Å². The number of benzene rings is 1. The van der Waals surface area contributed by atoms with Crippen molar-refractivity contribution in [3.05, 3.63) is 30.5 Å². The second-order valence-electron chi connectivity index (χ2n) is 4.94. The molecule has 0 atom stereocenters. The lowest BCUT2D eigenvalue weighted by Crippen LogP contribution is -2.04. The highest BCUT2D eigenvalue weighted by molar-refractivity contribution is 7.18. The Morgan fingerprint density at radius 1 is 1.33 bits per heavy atom. The van der Waals surface area contributed by atoms with Crippen molar-refractivity contribution in [2.75, 3.05) is 18.2 Å². The molecule has 1 amide bonds. The van der Waals surface area contributed by atoms with Gasteiger partial charge < -0.3 is 20.9 Å². The van der Waals surface area contributed by atoms with E-state index in [1.807, 2.05) is 12.1 Å². The number of methoxy groups -OCH3 is 1. The number of anilines is 2. The van der Waals surface area contributed by atoms with Crippen molar-refractivity contribution in [2.24, 2.45) is 0 Å². The molecule has 0 radical (unpaired) electrons. The third-order valence-electron chi connectivity index (χ3n) is 3.30. The molecule has 1 aromatic carbocycles. The monoisotopic (exact) mass is 345 g/mol. The fourth-order valence-corrected chi connectivity index (χ4v) is 3.06. The number of aromatic nitrogens is 3. The third-order valence-corrected chi connectivity index (χ3v) is 4.15. The first kappa shape index (κ1) is 15.8. The number of nitrogens with one attached hydrogen (secondary N) is 1. The zero-order valence-electron chi connectivity index (χ0n) is 13.0. The predicted octanol–water partition coefficient (Wildman–Crippen LogP) is 2.25. The van der Waals surface area contributed by atoms with Crippen molar-refractivity contribution in [2.45, 2.75) is 6.92 Å². The molecule has 0 bridgehead atoms. The number of amides is 1. The summed E-state index contributed by atoms with van der Waals surface area (Å²) in [6.07, 6.45) is 1.51. The van der Waals surface area contributed by atoms with Crippen LogP contribution in [-0.2, 0) is 4.79 Å². The van der Waals surface area contributed by atoms with Crippen molar-refractivity contribution in [3.8, 4) is 27.8 Å². The topological polar surface area (TPSA) is 115 Å². The number of nitrogen functional groups attached to an aromatic ring is 1. The van der Waals surface area contributed by atoms with E-state index in [9.17, 15) is 9.90 Å². The molecular formula is C15H15N5O3S.